The molecule has 0 bridgehead atoms. The first-order valence-corrected chi connectivity index (χ1v) is 2.72. The van der Waals surface area contributed by atoms with Gasteiger partial charge in [0.15, 0.2) is 0 Å². The smallest absolute Gasteiger partial charge is 0.0298 e. The minimum Gasteiger partial charge on any atom is -0.780 e. The van der Waals surface area contributed by atoms with Gasteiger partial charge in [0.1, 0.15) is 0 Å². The lowest BCUT2D eigenvalue weighted by Gasteiger charge is -2.02. The van der Waals surface area contributed by atoms with E-state index in [1.165, 1.54) is 0 Å². The van der Waals surface area contributed by atoms with E-state index in [4.69, 9.17) is 18.4 Å². The van der Waals surface area contributed by atoms with E-state index < -0.39 is 0 Å². The van der Waals surface area contributed by atoms with Gasteiger partial charge in [0.25, 0.3) is 0 Å². The molecular formula is C6H6NS-. The summed E-state index contributed by atoms with van der Waals surface area (Å²) in [6, 6.07) is 7.26. The van der Waals surface area contributed by atoms with Crippen LogP contribution in [0.25, 0.3) is 0 Å². The van der Waals surface area contributed by atoms with Gasteiger partial charge in [-0.05, 0) is 6.07 Å². The first-order chi connectivity index (χ1) is 3.79. The summed E-state index contributed by atoms with van der Waals surface area (Å²) in [5.41, 5.74) is 6.13. The van der Waals surface area contributed by atoms with Gasteiger partial charge in [0.05, 0.1) is 0 Å². The highest BCUT2D eigenvalue weighted by Gasteiger charge is 1.75. The van der Waals surface area contributed by atoms with Crippen LogP contribution in [-0.4, -0.2) is 0 Å². The van der Waals surface area contributed by atoms with Gasteiger partial charge in [0.2, 0.25) is 0 Å². The van der Waals surface area contributed by atoms with Crippen molar-refractivity contribution in [2.75, 3.05) is 5.73 Å². The Bertz CT molecular complexity index is 168. The van der Waals surface area contributed by atoms with E-state index in [1.807, 2.05) is 18.2 Å². The maximum absolute atomic E-state index is 5.39. The van der Waals surface area contributed by atoms with E-state index in [2.05, 4.69) is 0 Å². The van der Waals surface area contributed by atoms with Gasteiger partial charge in [-0.3, -0.25) is 0 Å². The molecule has 8 heavy (non-hydrogen) atoms. The summed E-state index contributed by atoms with van der Waals surface area (Å²) in [6.45, 7) is 0. The van der Waals surface area contributed by atoms with Crippen molar-refractivity contribution < 1.29 is 0 Å². The van der Waals surface area contributed by atoms with E-state index >= 15 is 0 Å². The van der Waals surface area contributed by atoms with E-state index in [1.54, 1.807) is 6.07 Å². The van der Waals surface area contributed by atoms with E-state index in [0.717, 1.165) is 10.6 Å². The third-order valence-electron chi connectivity index (χ3n) is 0.858. The fourth-order valence-corrected chi connectivity index (χ4v) is 0.729. The predicted molar refractivity (Wildman–Crippen MR) is 36.5 cm³/mol. The predicted octanol–water partition coefficient (Wildman–Crippen LogP) is 1.17. The Hall–Kier alpha value is -0.760. The summed E-state index contributed by atoms with van der Waals surface area (Å²) in [4.78, 5) is 0.796. The number of nitrogens with two attached hydrogens (primary N) is 1. The van der Waals surface area contributed by atoms with Crippen LogP contribution in [0.3, 0.4) is 0 Å². The topological polar surface area (TPSA) is 26.0 Å². The SMILES string of the molecule is Nc1cccc([S-])c1. The molecule has 0 unspecified atom stereocenters. The van der Waals surface area contributed by atoms with Crippen LogP contribution in [0, 0.1) is 0 Å². The molecule has 1 aromatic rings. The standard InChI is InChI=1S/C6H7NS/c7-5-2-1-3-6(8)4-5/h1-4,8H,7H2/p-1. The van der Waals surface area contributed by atoms with Crippen molar-refractivity contribution in [3.05, 3.63) is 24.3 Å². The summed E-state index contributed by atoms with van der Waals surface area (Å²) in [7, 11) is 0. The Morgan fingerprint density at radius 1 is 1.38 bits per heavy atom. The molecule has 1 rings (SSSR count). The van der Waals surface area contributed by atoms with Crippen molar-refractivity contribution in [1.82, 2.24) is 0 Å². The van der Waals surface area contributed by atoms with E-state index in [0.29, 0.717) is 0 Å². The highest BCUT2D eigenvalue weighted by atomic mass is 32.1. The van der Waals surface area contributed by atoms with Crippen LogP contribution in [0.4, 0.5) is 5.69 Å². The van der Waals surface area contributed by atoms with Crippen LogP contribution in [0.15, 0.2) is 29.2 Å². The molecule has 0 fully saturated rings. The zero-order valence-corrected chi connectivity index (χ0v) is 5.11. The number of rotatable bonds is 0. The van der Waals surface area contributed by atoms with Crippen LogP contribution < -0.4 is 5.73 Å². The molecule has 2 N–H and O–H groups in total. The first kappa shape index (κ1) is 5.38. The second-order valence-corrected chi connectivity index (χ2v) is 2.04. The molecule has 0 aromatic heterocycles. The largest absolute Gasteiger partial charge is 0.780 e. The van der Waals surface area contributed by atoms with Crippen molar-refractivity contribution in [3.63, 3.8) is 0 Å². The molecule has 0 radical (unpaired) electrons. The van der Waals surface area contributed by atoms with Gasteiger partial charge in [-0.1, -0.05) is 18.2 Å². The monoisotopic (exact) mass is 124 g/mol. The molecule has 0 aliphatic carbocycles. The Morgan fingerprint density at radius 3 is 2.50 bits per heavy atom. The normalized spacial score (nSPS) is 9.00. The molecule has 2 heteroatoms. The number of anilines is 1. The fraction of sp³-hybridized carbons (Fsp3) is 0. The number of nitrogen functional groups attached to an aromatic ring is 1. The van der Waals surface area contributed by atoms with Crippen LogP contribution >= 0.6 is 0 Å². The van der Waals surface area contributed by atoms with Crippen molar-refractivity contribution in [3.8, 4) is 0 Å². The molecule has 0 heterocycles. The molecule has 0 spiro atoms. The van der Waals surface area contributed by atoms with Crippen LogP contribution in [0.5, 0.6) is 0 Å². The molecule has 0 atom stereocenters. The van der Waals surface area contributed by atoms with Crippen LogP contribution in [0.2, 0.25) is 0 Å². The third-order valence-corrected chi connectivity index (χ3v) is 1.11. The maximum Gasteiger partial charge on any atom is 0.0298 e. The lowest BCUT2D eigenvalue weighted by Crippen LogP contribution is -1.82. The van der Waals surface area contributed by atoms with Crippen LogP contribution in [0.1, 0.15) is 0 Å². The first-order valence-electron chi connectivity index (χ1n) is 2.31. The minimum absolute atomic E-state index is 0.734. The molecule has 0 amide bonds. The lowest BCUT2D eigenvalue weighted by atomic mass is 10.3. The average molecular weight is 124 g/mol. The van der Waals surface area contributed by atoms with Crippen molar-refractivity contribution in [1.29, 1.82) is 0 Å². The molecule has 1 aromatic carbocycles. The molecule has 1 nitrogen and oxygen atoms in total. The molecule has 0 aliphatic rings. The highest BCUT2D eigenvalue weighted by molar-refractivity contribution is 7.58. The summed E-state index contributed by atoms with van der Waals surface area (Å²) < 4.78 is 0. The summed E-state index contributed by atoms with van der Waals surface area (Å²) >= 11 is 4.82. The van der Waals surface area contributed by atoms with Gasteiger partial charge in [-0.25, -0.2) is 0 Å². The molecule has 42 valence electrons. The summed E-state index contributed by atoms with van der Waals surface area (Å²) in [6.07, 6.45) is 0. The number of hydrogen-bond donors (Lipinski definition) is 1. The van der Waals surface area contributed by atoms with E-state index in [9.17, 15) is 0 Å². The zero-order chi connectivity index (χ0) is 5.98. The van der Waals surface area contributed by atoms with Gasteiger partial charge in [-0.15, -0.1) is 0 Å². The molecule has 0 saturated carbocycles. The minimum atomic E-state index is 0.734. The van der Waals surface area contributed by atoms with Crippen molar-refractivity contribution >= 4 is 18.3 Å². The van der Waals surface area contributed by atoms with Gasteiger partial charge < -0.3 is 18.4 Å². The van der Waals surface area contributed by atoms with Crippen molar-refractivity contribution in [2.45, 2.75) is 4.90 Å². The second-order valence-electron chi connectivity index (χ2n) is 1.57. The Kier molecular flexibility index (Phi) is 1.35. The van der Waals surface area contributed by atoms with E-state index in [-0.39, 0.29) is 0 Å². The number of benzene rings is 1. The Labute approximate surface area is 53.9 Å². The lowest BCUT2D eigenvalue weighted by molar-refractivity contribution is 1.48. The second kappa shape index (κ2) is 2.01. The summed E-state index contributed by atoms with van der Waals surface area (Å²) in [5.74, 6) is 0. The Morgan fingerprint density at radius 2 is 2.12 bits per heavy atom. The van der Waals surface area contributed by atoms with Gasteiger partial charge >= 0.3 is 0 Å². The van der Waals surface area contributed by atoms with Crippen molar-refractivity contribution in [2.24, 2.45) is 0 Å². The van der Waals surface area contributed by atoms with Crippen LogP contribution in [-0.2, 0) is 12.6 Å². The highest BCUT2D eigenvalue weighted by Crippen LogP contribution is 2.03. The quantitative estimate of drug-likeness (QED) is 0.415. The summed E-state index contributed by atoms with van der Waals surface area (Å²) in [5, 5.41) is 0. The maximum atomic E-state index is 5.39. The molecule has 0 aliphatic heterocycles. The third kappa shape index (κ3) is 1.10. The van der Waals surface area contributed by atoms with Gasteiger partial charge in [0, 0.05) is 5.69 Å². The zero-order valence-electron chi connectivity index (χ0n) is 4.29. The van der Waals surface area contributed by atoms with Gasteiger partial charge in [-0.2, -0.15) is 4.90 Å². The molecule has 0 saturated heterocycles. The fourth-order valence-electron chi connectivity index (χ4n) is 0.515. The molecular weight excluding hydrogens is 118 g/mol. The average Bonchev–Trinajstić information content (AvgIpc) is 1.64. The Balaban J connectivity index is 3.08. The number of hydrogen-bond acceptors (Lipinski definition) is 2.